The Labute approximate surface area is 331 Å². The predicted octanol–water partition coefficient (Wildman–Crippen LogP) is 11.2. The SMILES string of the molecule is [2H]C([2H])(c1cc(-c2[c-]cccc2)nc[c]1[Ge])C(C)(C)C.[2H]C([2H])(c1ccnc(-c2[c-]ccc3c2oc2cc(-c4c(C)cccc4C)ccc23)c1)C(C)(C)C.[Ir]. The van der Waals surface area contributed by atoms with Gasteiger partial charge in [0, 0.05) is 34.4 Å². The standard InChI is InChI=1S/C30H28NO.C16H17GeN.Ir/c1-19-8-6-9-20(2)28(19)22-12-13-23-24-10-7-11-25(29(24)32-27(23)17-22)26-16-21(14-15-31-26)18-30(3,4)5;1-16(2,3)10-13-9-15(18-11-14(13)17)12-7-5-4-6-8-12;/h6-10,12-17H,18H2,1-5H3;4-7,9,11H,10H2,1-3H3;/q2*-1;/i18D2;10D2;. The Bertz CT molecular complexity index is 2450. The van der Waals surface area contributed by atoms with Crippen molar-refractivity contribution in [2.24, 2.45) is 10.8 Å². The van der Waals surface area contributed by atoms with Gasteiger partial charge in [-0.1, -0.05) is 73.7 Å². The third-order valence-corrected chi connectivity index (χ3v) is 8.97. The van der Waals surface area contributed by atoms with Crippen molar-refractivity contribution in [3.05, 3.63) is 138 Å². The van der Waals surface area contributed by atoms with Crippen molar-refractivity contribution in [1.29, 1.82) is 0 Å². The van der Waals surface area contributed by atoms with E-state index in [0.29, 0.717) is 16.8 Å². The van der Waals surface area contributed by atoms with Gasteiger partial charge >= 0.3 is 121 Å². The summed E-state index contributed by atoms with van der Waals surface area (Å²) in [5.74, 6) is 0. The second-order valence-corrected chi connectivity index (χ2v) is 15.9. The van der Waals surface area contributed by atoms with Gasteiger partial charge < -0.3 is 9.40 Å². The largest absolute Gasteiger partial charge is 0.501 e. The van der Waals surface area contributed by atoms with Crippen LogP contribution in [0.15, 0.2) is 108 Å². The molecule has 0 bridgehead atoms. The van der Waals surface area contributed by atoms with Gasteiger partial charge in [0.15, 0.2) is 0 Å². The van der Waals surface area contributed by atoms with Gasteiger partial charge in [-0.25, -0.2) is 0 Å². The van der Waals surface area contributed by atoms with Crippen LogP contribution in [0.3, 0.4) is 0 Å². The van der Waals surface area contributed by atoms with Gasteiger partial charge in [-0.3, -0.25) is 0 Å². The third kappa shape index (κ3) is 9.35. The Kier molecular flexibility index (Phi) is 10.2. The maximum absolute atomic E-state index is 8.67. The van der Waals surface area contributed by atoms with E-state index in [0.717, 1.165) is 48.7 Å². The summed E-state index contributed by atoms with van der Waals surface area (Å²) in [4.78, 5) is 8.96. The molecular formula is C46H45GeIrN2O-2. The molecular weight excluding hydrogens is 861 g/mol. The van der Waals surface area contributed by atoms with E-state index in [-0.39, 0.29) is 20.1 Å². The molecule has 0 spiro atoms. The Balaban J connectivity index is 0.000000237. The normalized spacial score (nSPS) is 13.4. The number of furan rings is 1. The van der Waals surface area contributed by atoms with Crippen molar-refractivity contribution in [3.8, 4) is 33.6 Å². The molecule has 0 aliphatic rings. The van der Waals surface area contributed by atoms with E-state index in [9.17, 15) is 0 Å². The summed E-state index contributed by atoms with van der Waals surface area (Å²) in [7, 11) is 0. The van der Waals surface area contributed by atoms with Crippen LogP contribution in [0.1, 0.15) is 69.3 Å². The monoisotopic (exact) mass is 912 g/mol. The molecule has 260 valence electrons. The molecule has 0 fully saturated rings. The van der Waals surface area contributed by atoms with Crippen LogP contribution in [-0.4, -0.2) is 26.5 Å². The Morgan fingerprint density at radius 1 is 0.745 bits per heavy atom. The molecule has 5 heteroatoms. The number of pyridine rings is 2. The fourth-order valence-corrected chi connectivity index (χ4v) is 6.52. The van der Waals surface area contributed by atoms with Crippen LogP contribution in [0.25, 0.3) is 55.6 Å². The van der Waals surface area contributed by atoms with E-state index in [2.05, 4.69) is 72.3 Å². The first-order chi connectivity index (χ1) is 25.3. The summed E-state index contributed by atoms with van der Waals surface area (Å²) in [6.07, 6.45) is 0.494. The van der Waals surface area contributed by atoms with E-state index in [1.807, 2.05) is 107 Å². The molecule has 0 unspecified atom stereocenters. The zero-order valence-electron chi connectivity index (χ0n) is 34.5. The predicted molar refractivity (Wildman–Crippen MR) is 211 cm³/mol. The molecule has 3 heterocycles. The number of nitrogens with zero attached hydrogens (tertiary/aromatic N) is 2. The van der Waals surface area contributed by atoms with Crippen molar-refractivity contribution in [2.45, 2.75) is 68.1 Å². The molecule has 0 aliphatic carbocycles. The summed E-state index contributed by atoms with van der Waals surface area (Å²) in [5, 5.41) is 2.05. The van der Waals surface area contributed by atoms with Gasteiger partial charge in [0.1, 0.15) is 5.58 Å². The third-order valence-electron chi connectivity index (χ3n) is 8.14. The van der Waals surface area contributed by atoms with Crippen LogP contribution in [-0.2, 0) is 32.9 Å². The molecule has 4 aromatic carbocycles. The van der Waals surface area contributed by atoms with Gasteiger partial charge in [-0.05, 0) is 65.7 Å². The maximum atomic E-state index is 8.67. The summed E-state index contributed by atoms with van der Waals surface area (Å²) in [6, 6.07) is 36.1. The fraction of sp³-hybridized carbons (Fsp3) is 0.261. The zero-order valence-corrected chi connectivity index (χ0v) is 34.9. The molecule has 3 nitrogen and oxygen atoms in total. The first kappa shape index (κ1) is 33.0. The van der Waals surface area contributed by atoms with E-state index < -0.39 is 23.6 Å². The first-order valence-electron chi connectivity index (χ1n) is 18.9. The molecule has 0 saturated heterocycles. The summed E-state index contributed by atoms with van der Waals surface area (Å²) >= 11 is 1.91. The van der Waals surface area contributed by atoms with Crippen LogP contribution in [0.5, 0.6) is 0 Å². The second kappa shape index (κ2) is 15.8. The maximum Gasteiger partial charge on any atom is 0.121 e. The van der Waals surface area contributed by atoms with Crippen molar-refractivity contribution >= 4 is 42.8 Å². The number of rotatable bonds is 5. The van der Waals surface area contributed by atoms with Crippen LogP contribution < -0.4 is 4.40 Å². The minimum Gasteiger partial charge on any atom is -0.501 e. The number of aromatic nitrogens is 2. The summed E-state index contributed by atoms with van der Waals surface area (Å²) in [6.45, 7) is 15.7. The van der Waals surface area contributed by atoms with Crippen LogP contribution >= 0.6 is 0 Å². The molecule has 0 saturated carbocycles. The molecule has 3 aromatic heterocycles. The van der Waals surface area contributed by atoms with Crippen LogP contribution in [0.4, 0.5) is 0 Å². The van der Waals surface area contributed by atoms with Gasteiger partial charge in [-0.15, -0.1) is 18.2 Å². The van der Waals surface area contributed by atoms with Crippen molar-refractivity contribution in [3.63, 3.8) is 0 Å². The minimum absolute atomic E-state index is 0. The van der Waals surface area contributed by atoms with Crippen molar-refractivity contribution in [1.82, 2.24) is 9.97 Å². The second-order valence-electron chi connectivity index (χ2n) is 14.7. The van der Waals surface area contributed by atoms with Crippen LogP contribution in [0.2, 0.25) is 0 Å². The Hall–Kier alpha value is -3.83. The quantitative estimate of drug-likeness (QED) is 0.128. The van der Waals surface area contributed by atoms with E-state index in [4.69, 9.17) is 9.90 Å². The Morgan fingerprint density at radius 3 is 2.18 bits per heavy atom. The van der Waals surface area contributed by atoms with Crippen LogP contribution in [0, 0.1) is 36.8 Å². The van der Waals surface area contributed by atoms with Gasteiger partial charge in [0.2, 0.25) is 0 Å². The van der Waals surface area contributed by atoms with Gasteiger partial charge in [-0.2, -0.15) is 0 Å². The van der Waals surface area contributed by atoms with E-state index in [1.165, 1.54) is 16.7 Å². The average molecular weight is 911 g/mol. The van der Waals surface area contributed by atoms with E-state index in [1.54, 1.807) is 18.5 Å². The molecule has 51 heavy (non-hydrogen) atoms. The number of hydrogen-bond donors (Lipinski definition) is 0. The number of benzene rings is 4. The summed E-state index contributed by atoms with van der Waals surface area (Å²) in [5.41, 5.74) is 9.70. The summed E-state index contributed by atoms with van der Waals surface area (Å²) < 4.78 is 41.5. The fourth-order valence-electron chi connectivity index (χ4n) is 6.10. The van der Waals surface area contributed by atoms with Gasteiger partial charge in [0.05, 0.1) is 5.58 Å². The molecule has 0 amide bonds. The number of fused-ring (bicyclic) bond motifs is 3. The molecule has 7 rings (SSSR count). The molecule has 0 atom stereocenters. The topological polar surface area (TPSA) is 38.9 Å². The average Bonchev–Trinajstić information content (AvgIpc) is 3.50. The first-order valence-corrected chi connectivity index (χ1v) is 18.0. The minimum atomic E-state index is -1.51. The molecule has 0 N–H and O–H groups in total. The molecule has 4 radical (unpaired) electrons. The van der Waals surface area contributed by atoms with E-state index >= 15 is 0 Å². The Morgan fingerprint density at radius 2 is 1.49 bits per heavy atom. The molecule has 7 aromatic rings. The number of hydrogen-bond acceptors (Lipinski definition) is 3. The van der Waals surface area contributed by atoms with Crippen molar-refractivity contribution in [2.75, 3.05) is 0 Å². The smallest absolute Gasteiger partial charge is 0.121 e. The van der Waals surface area contributed by atoms with Crippen molar-refractivity contribution < 1.29 is 30.0 Å². The molecule has 0 aliphatic heterocycles. The zero-order chi connectivity index (χ0) is 39.2. The van der Waals surface area contributed by atoms with Gasteiger partial charge in [0.25, 0.3) is 0 Å². The number of aryl methyl sites for hydroxylation is 2.